The van der Waals surface area contributed by atoms with Crippen molar-refractivity contribution >= 4 is 23.0 Å². The lowest BCUT2D eigenvalue weighted by molar-refractivity contribution is -0.154. The Morgan fingerprint density at radius 1 is 1.15 bits per heavy atom. The minimum atomic E-state index is -0.482. The summed E-state index contributed by atoms with van der Waals surface area (Å²) in [4.78, 5) is 12.0. The molecule has 0 amide bonds. The summed E-state index contributed by atoms with van der Waals surface area (Å²) >= 11 is 0. The number of nitrogens with zero attached hydrogens (tertiary/aromatic N) is 2. The monoisotopic (exact) mass is 355 g/mol. The van der Waals surface area contributed by atoms with Gasteiger partial charge in [-0.2, -0.15) is 0 Å². The summed E-state index contributed by atoms with van der Waals surface area (Å²) in [7, 11) is 0. The van der Waals surface area contributed by atoms with E-state index in [0.29, 0.717) is 23.5 Å². The van der Waals surface area contributed by atoms with Crippen LogP contribution in [0.1, 0.15) is 32.8 Å². The number of phenolic OH excluding ortho intramolecular Hbond substituents is 1. The fourth-order valence-corrected chi connectivity index (χ4v) is 2.09. The minimum Gasteiger partial charge on any atom is -0.506 e. The normalized spacial score (nSPS) is 11.7. The predicted molar refractivity (Wildman–Crippen MR) is 102 cm³/mol. The van der Waals surface area contributed by atoms with E-state index >= 15 is 0 Å². The number of nitrogens with two attached hydrogens (primary N) is 1. The molecule has 0 aromatic heterocycles. The standard InChI is InChI=1S/C20H25N3O3/c1-4-20(2,3)19(25)26-12-11-14-9-10-18(24)17(13-14)23-22-16-8-6-5-7-15(16)21/h5-10,13,24H,4,11-12,21H2,1-3H3. The van der Waals surface area contributed by atoms with Crippen molar-refractivity contribution in [1.29, 1.82) is 0 Å². The van der Waals surface area contributed by atoms with Crippen molar-refractivity contribution in [3.05, 3.63) is 48.0 Å². The van der Waals surface area contributed by atoms with E-state index in [1.165, 1.54) is 0 Å². The Balaban J connectivity index is 2.03. The van der Waals surface area contributed by atoms with Crippen molar-refractivity contribution in [2.45, 2.75) is 33.6 Å². The molecule has 0 saturated carbocycles. The van der Waals surface area contributed by atoms with Crippen molar-refractivity contribution in [2.75, 3.05) is 12.3 Å². The van der Waals surface area contributed by atoms with E-state index < -0.39 is 5.41 Å². The fourth-order valence-electron chi connectivity index (χ4n) is 2.09. The van der Waals surface area contributed by atoms with E-state index in [2.05, 4.69) is 10.2 Å². The SMILES string of the molecule is CCC(C)(C)C(=O)OCCc1ccc(O)c(N=Nc2ccccc2N)c1. The van der Waals surface area contributed by atoms with Gasteiger partial charge in [-0.15, -0.1) is 10.2 Å². The van der Waals surface area contributed by atoms with E-state index in [9.17, 15) is 9.90 Å². The van der Waals surface area contributed by atoms with Gasteiger partial charge in [0.2, 0.25) is 0 Å². The molecule has 0 aliphatic heterocycles. The highest BCUT2D eigenvalue weighted by atomic mass is 16.5. The number of phenols is 1. The smallest absolute Gasteiger partial charge is 0.311 e. The topological polar surface area (TPSA) is 97.3 Å². The number of hydrogen-bond acceptors (Lipinski definition) is 6. The van der Waals surface area contributed by atoms with Gasteiger partial charge in [-0.1, -0.05) is 25.1 Å². The van der Waals surface area contributed by atoms with Gasteiger partial charge in [0.15, 0.2) is 0 Å². The number of esters is 1. The van der Waals surface area contributed by atoms with Gasteiger partial charge in [0.05, 0.1) is 17.7 Å². The molecule has 138 valence electrons. The summed E-state index contributed by atoms with van der Waals surface area (Å²) in [6.07, 6.45) is 1.25. The molecular weight excluding hydrogens is 330 g/mol. The Kier molecular flexibility index (Phi) is 6.33. The highest BCUT2D eigenvalue weighted by Gasteiger charge is 2.26. The molecule has 0 atom stereocenters. The molecule has 0 bridgehead atoms. The summed E-state index contributed by atoms with van der Waals surface area (Å²) in [5.74, 6) is -0.186. The largest absolute Gasteiger partial charge is 0.506 e. The zero-order chi connectivity index (χ0) is 19.2. The number of hydrogen-bond donors (Lipinski definition) is 2. The first-order valence-corrected chi connectivity index (χ1v) is 8.59. The molecule has 3 N–H and O–H groups in total. The van der Waals surface area contributed by atoms with Gasteiger partial charge in [-0.25, -0.2) is 0 Å². The molecule has 26 heavy (non-hydrogen) atoms. The molecule has 0 aliphatic rings. The van der Waals surface area contributed by atoms with Gasteiger partial charge in [-0.05, 0) is 50.1 Å². The molecular formula is C20H25N3O3. The Bertz CT molecular complexity index is 801. The first-order valence-electron chi connectivity index (χ1n) is 8.59. The number of carbonyl (C=O) groups excluding carboxylic acids is 1. The van der Waals surface area contributed by atoms with Crippen LogP contribution >= 0.6 is 0 Å². The van der Waals surface area contributed by atoms with E-state index in [4.69, 9.17) is 10.5 Å². The molecule has 0 fully saturated rings. The van der Waals surface area contributed by atoms with Crippen molar-refractivity contribution in [3.8, 4) is 5.75 Å². The molecule has 2 aromatic rings. The molecule has 0 saturated heterocycles. The van der Waals surface area contributed by atoms with Gasteiger partial charge in [0.1, 0.15) is 17.1 Å². The third kappa shape index (κ3) is 5.05. The second-order valence-electron chi connectivity index (χ2n) is 6.71. The number of nitrogen functional groups attached to an aromatic ring is 1. The zero-order valence-corrected chi connectivity index (χ0v) is 15.4. The Hall–Kier alpha value is -2.89. The average Bonchev–Trinajstić information content (AvgIpc) is 2.63. The van der Waals surface area contributed by atoms with E-state index in [0.717, 1.165) is 12.0 Å². The van der Waals surface area contributed by atoms with Crippen LogP contribution < -0.4 is 5.73 Å². The first kappa shape index (κ1) is 19.4. The zero-order valence-electron chi connectivity index (χ0n) is 15.4. The molecule has 6 nitrogen and oxygen atoms in total. The lowest BCUT2D eigenvalue weighted by Crippen LogP contribution is -2.26. The predicted octanol–water partition coefficient (Wildman–Crippen LogP) is 4.91. The number of para-hydroxylation sites is 1. The number of aromatic hydroxyl groups is 1. The van der Waals surface area contributed by atoms with Crippen LogP contribution in [-0.4, -0.2) is 17.7 Å². The lowest BCUT2D eigenvalue weighted by atomic mass is 9.91. The van der Waals surface area contributed by atoms with E-state index in [1.807, 2.05) is 32.9 Å². The molecule has 2 rings (SSSR count). The van der Waals surface area contributed by atoms with Crippen LogP contribution in [0.4, 0.5) is 17.1 Å². The van der Waals surface area contributed by atoms with Crippen LogP contribution in [0.15, 0.2) is 52.7 Å². The highest BCUT2D eigenvalue weighted by molar-refractivity contribution is 5.75. The number of ether oxygens (including phenoxy) is 1. The van der Waals surface area contributed by atoms with Crippen molar-refractivity contribution in [1.82, 2.24) is 0 Å². The number of azo groups is 1. The molecule has 0 aliphatic carbocycles. The van der Waals surface area contributed by atoms with Crippen LogP contribution in [0.3, 0.4) is 0 Å². The lowest BCUT2D eigenvalue weighted by Gasteiger charge is -2.20. The Morgan fingerprint density at radius 2 is 1.85 bits per heavy atom. The van der Waals surface area contributed by atoms with Gasteiger partial charge in [0.25, 0.3) is 0 Å². The second kappa shape index (κ2) is 8.47. The highest BCUT2D eigenvalue weighted by Crippen LogP contribution is 2.31. The summed E-state index contributed by atoms with van der Waals surface area (Å²) in [5, 5.41) is 18.1. The molecule has 0 spiro atoms. The number of rotatable bonds is 7. The quantitative estimate of drug-likeness (QED) is 0.419. The van der Waals surface area contributed by atoms with Gasteiger partial charge in [0, 0.05) is 6.42 Å². The molecule has 2 aromatic carbocycles. The third-order valence-electron chi connectivity index (χ3n) is 4.30. The van der Waals surface area contributed by atoms with Gasteiger partial charge < -0.3 is 15.6 Å². The van der Waals surface area contributed by atoms with E-state index in [-0.39, 0.29) is 18.3 Å². The van der Waals surface area contributed by atoms with Gasteiger partial charge in [-0.3, -0.25) is 4.79 Å². The molecule has 0 unspecified atom stereocenters. The maximum absolute atomic E-state index is 12.0. The van der Waals surface area contributed by atoms with Crippen LogP contribution in [0.5, 0.6) is 5.75 Å². The van der Waals surface area contributed by atoms with Crippen molar-refractivity contribution < 1.29 is 14.6 Å². The maximum atomic E-state index is 12.0. The van der Waals surface area contributed by atoms with Crippen LogP contribution in [0.25, 0.3) is 0 Å². The average molecular weight is 355 g/mol. The van der Waals surface area contributed by atoms with Crippen molar-refractivity contribution in [2.24, 2.45) is 15.6 Å². The third-order valence-corrected chi connectivity index (χ3v) is 4.30. The summed E-state index contributed by atoms with van der Waals surface area (Å²) < 4.78 is 5.34. The Morgan fingerprint density at radius 3 is 2.54 bits per heavy atom. The van der Waals surface area contributed by atoms with Crippen LogP contribution in [0, 0.1) is 5.41 Å². The number of benzene rings is 2. The molecule has 0 radical (unpaired) electrons. The summed E-state index contributed by atoms with van der Waals surface area (Å²) in [5.41, 5.74) is 7.62. The van der Waals surface area contributed by atoms with Crippen molar-refractivity contribution in [3.63, 3.8) is 0 Å². The van der Waals surface area contributed by atoms with Gasteiger partial charge >= 0.3 is 5.97 Å². The second-order valence-corrected chi connectivity index (χ2v) is 6.71. The fraction of sp³-hybridized carbons (Fsp3) is 0.350. The van der Waals surface area contributed by atoms with Crippen LogP contribution in [-0.2, 0) is 16.0 Å². The summed E-state index contributed by atoms with van der Waals surface area (Å²) in [6.45, 7) is 5.96. The summed E-state index contributed by atoms with van der Waals surface area (Å²) in [6, 6.07) is 12.1. The number of carbonyl (C=O) groups is 1. The first-order chi connectivity index (χ1) is 12.3. The molecule has 6 heteroatoms. The molecule has 0 heterocycles. The Labute approximate surface area is 153 Å². The maximum Gasteiger partial charge on any atom is 0.311 e. The van der Waals surface area contributed by atoms with E-state index in [1.54, 1.807) is 30.3 Å². The van der Waals surface area contributed by atoms with Crippen LogP contribution in [0.2, 0.25) is 0 Å². The minimum absolute atomic E-state index is 0.0242. The number of anilines is 1.